The van der Waals surface area contributed by atoms with Gasteiger partial charge in [0.1, 0.15) is 0 Å². The maximum atomic E-state index is 12.7. The number of nitrogens with zero attached hydrogens (tertiary/aromatic N) is 2. The number of amides is 1. The number of carbonyl (C=O) groups is 2. The lowest BCUT2D eigenvalue weighted by Gasteiger charge is -2.16. The summed E-state index contributed by atoms with van der Waals surface area (Å²) in [6, 6.07) is 7.29. The van der Waals surface area contributed by atoms with Crippen LogP contribution in [0.25, 0.3) is 10.8 Å². The van der Waals surface area contributed by atoms with Crippen molar-refractivity contribution in [3.63, 3.8) is 0 Å². The van der Waals surface area contributed by atoms with Gasteiger partial charge in [-0.2, -0.15) is 5.10 Å². The minimum atomic E-state index is -0.920. The third kappa shape index (κ3) is 3.55. The van der Waals surface area contributed by atoms with Gasteiger partial charge in [-0.3, -0.25) is 9.59 Å². The summed E-state index contributed by atoms with van der Waals surface area (Å²) in [6.07, 6.45) is 4.03. The molecule has 1 N–H and O–H groups in total. The van der Waals surface area contributed by atoms with E-state index in [1.165, 1.54) is 0 Å². The fourth-order valence-corrected chi connectivity index (χ4v) is 3.23. The van der Waals surface area contributed by atoms with Crippen LogP contribution in [-0.4, -0.2) is 28.3 Å². The normalized spacial score (nSPS) is 14.6. The Morgan fingerprint density at radius 3 is 2.60 bits per heavy atom. The number of aromatic nitrogens is 2. The highest BCUT2D eigenvalue weighted by atomic mass is 16.5. The van der Waals surface area contributed by atoms with Crippen LogP contribution in [0.15, 0.2) is 29.1 Å². The van der Waals surface area contributed by atoms with E-state index in [4.69, 9.17) is 0 Å². The molecule has 7 heteroatoms. The third-order valence-corrected chi connectivity index (χ3v) is 4.45. The van der Waals surface area contributed by atoms with E-state index in [1.807, 2.05) is 12.1 Å². The van der Waals surface area contributed by atoms with Gasteiger partial charge in [-0.15, -0.1) is 0 Å². The van der Waals surface area contributed by atoms with Crippen molar-refractivity contribution in [3.8, 4) is 0 Å². The van der Waals surface area contributed by atoms with E-state index in [9.17, 15) is 14.4 Å². The number of carbonyl (C=O) groups excluding carboxylic acids is 2. The molecule has 1 aromatic carbocycles. The van der Waals surface area contributed by atoms with Gasteiger partial charge < -0.3 is 10.1 Å². The van der Waals surface area contributed by atoms with Gasteiger partial charge in [0.15, 0.2) is 0 Å². The van der Waals surface area contributed by atoms with E-state index in [1.54, 1.807) is 23.7 Å². The van der Waals surface area contributed by atoms with Crippen LogP contribution in [0.4, 0.5) is 0 Å². The number of fused-ring (bicyclic) bond motifs is 1. The van der Waals surface area contributed by atoms with Crippen molar-refractivity contribution in [2.45, 2.75) is 45.2 Å². The number of nitrogens with one attached hydrogen (secondary N) is 1. The first-order valence-electron chi connectivity index (χ1n) is 8.57. The van der Waals surface area contributed by atoms with E-state index in [0.29, 0.717) is 16.5 Å². The first-order valence-corrected chi connectivity index (χ1v) is 8.57. The number of hydrogen-bond acceptors (Lipinski definition) is 5. The van der Waals surface area contributed by atoms with Gasteiger partial charge in [0.2, 0.25) is 0 Å². The molecule has 1 aliphatic carbocycles. The molecule has 3 rings (SSSR count). The summed E-state index contributed by atoms with van der Waals surface area (Å²) in [5.41, 5.74) is 0.461. The second-order valence-electron chi connectivity index (χ2n) is 6.08. The smallest absolute Gasteiger partial charge is 0.396 e. The van der Waals surface area contributed by atoms with Gasteiger partial charge in [-0.05, 0) is 25.8 Å². The molecule has 0 unspecified atom stereocenters. The Kier molecular flexibility index (Phi) is 5.11. The van der Waals surface area contributed by atoms with Crippen molar-refractivity contribution in [2.75, 3.05) is 6.61 Å². The van der Waals surface area contributed by atoms with Gasteiger partial charge in [0.25, 0.3) is 5.56 Å². The van der Waals surface area contributed by atoms with Crippen LogP contribution in [0.3, 0.4) is 0 Å². The van der Waals surface area contributed by atoms with E-state index >= 15 is 0 Å². The molecular formula is C18H21N3O4. The first-order chi connectivity index (χ1) is 12.1. The molecule has 7 nitrogen and oxygen atoms in total. The van der Waals surface area contributed by atoms with Crippen LogP contribution in [0, 0.1) is 0 Å². The highest BCUT2D eigenvalue weighted by Gasteiger charge is 2.22. The quantitative estimate of drug-likeness (QED) is 0.674. The predicted octanol–water partition coefficient (Wildman–Crippen LogP) is 1.69. The molecule has 25 heavy (non-hydrogen) atoms. The highest BCUT2D eigenvalue weighted by molar-refractivity contribution is 6.32. The monoisotopic (exact) mass is 343 g/mol. The summed E-state index contributed by atoms with van der Waals surface area (Å²) >= 11 is 0. The van der Waals surface area contributed by atoms with E-state index in [-0.39, 0.29) is 24.8 Å². The Bertz CT molecular complexity index is 853. The number of hydrogen-bond donors (Lipinski definition) is 1. The fraction of sp³-hybridized carbons (Fsp3) is 0.444. The summed E-state index contributed by atoms with van der Waals surface area (Å²) in [6.45, 7) is 1.84. The van der Waals surface area contributed by atoms with Gasteiger partial charge in [-0.25, -0.2) is 9.48 Å². The molecule has 0 atom stereocenters. The predicted molar refractivity (Wildman–Crippen MR) is 92.0 cm³/mol. The average molecular weight is 343 g/mol. The molecule has 0 spiro atoms. The third-order valence-electron chi connectivity index (χ3n) is 4.45. The van der Waals surface area contributed by atoms with E-state index < -0.39 is 11.9 Å². The summed E-state index contributed by atoms with van der Waals surface area (Å²) in [7, 11) is 0. The SMILES string of the molecule is CCOC(=O)C(=O)NCc1nn(C2CCCC2)c(=O)c2ccccc12. The lowest BCUT2D eigenvalue weighted by Crippen LogP contribution is -2.34. The maximum Gasteiger partial charge on any atom is 0.396 e. The number of esters is 1. The summed E-state index contributed by atoms with van der Waals surface area (Å²) in [4.78, 5) is 36.0. The van der Waals surface area contributed by atoms with Crippen LogP contribution in [0.5, 0.6) is 0 Å². The molecule has 0 radical (unpaired) electrons. The zero-order valence-electron chi connectivity index (χ0n) is 14.2. The van der Waals surface area contributed by atoms with Crippen LogP contribution < -0.4 is 10.9 Å². The number of rotatable bonds is 4. The van der Waals surface area contributed by atoms with Crippen LogP contribution >= 0.6 is 0 Å². The number of benzene rings is 1. The molecule has 132 valence electrons. The minimum Gasteiger partial charge on any atom is -0.459 e. The van der Waals surface area contributed by atoms with Crippen LogP contribution in [0.1, 0.15) is 44.3 Å². The van der Waals surface area contributed by atoms with Crippen LogP contribution in [-0.2, 0) is 20.9 Å². The lowest BCUT2D eigenvalue weighted by atomic mass is 10.1. The van der Waals surface area contributed by atoms with E-state index in [0.717, 1.165) is 25.7 Å². The topological polar surface area (TPSA) is 90.3 Å². The van der Waals surface area contributed by atoms with Gasteiger partial charge in [0.05, 0.1) is 30.3 Å². The van der Waals surface area contributed by atoms with Crippen molar-refractivity contribution >= 4 is 22.6 Å². The van der Waals surface area contributed by atoms with Gasteiger partial charge in [-0.1, -0.05) is 31.0 Å². The van der Waals surface area contributed by atoms with Crippen molar-refractivity contribution in [3.05, 3.63) is 40.3 Å². The highest BCUT2D eigenvalue weighted by Crippen LogP contribution is 2.28. The Labute approximate surface area is 145 Å². The first kappa shape index (κ1) is 17.1. The Morgan fingerprint density at radius 2 is 1.92 bits per heavy atom. The Balaban J connectivity index is 1.93. The standard InChI is InChI=1S/C18H21N3O4/c1-2-25-18(24)16(22)19-11-15-13-9-5-6-10-14(13)17(23)21(20-15)12-7-3-4-8-12/h5-6,9-10,12H,2-4,7-8,11H2,1H3,(H,19,22). The summed E-state index contributed by atoms with van der Waals surface area (Å²) in [5.74, 6) is -1.73. The molecule has 1 aromatic heterocycles. The zero-order valence-corrected chi connectivity index (χ0v) is 14.2. The molecular weight excluding hydrogens is 322 g/mol. The maximum absolute atomic E-state index is 12.7. The van der Waals surface area contributed by atoms with Gasteiger partial charge >= 0.3 is 11.9 Å². The molecule has 1 saturated carbocycles. The fourth-order valence-electron chi connectivity index (χ4n) is 3.23. The minimum absolute atomic E-state index is 0.0607. The molecule has 1 heterocycles. The lowest BCUT2D eigenvalue weighted by molar-refractivity contribution is -0.154. The summed E-state index contributed by atoms with van der Waals surface area (Å²) in [5, 5.41) is 8.28. The van der Waals surface area contributed by atoms with Crippen molar-refractivity contribution in [1.82, 2.24) is 15.1 Å². The molecule has 1 amide bonds. The van der Waals surface area contributed by atoms with Gasteiger partial charge in [0, 0.05) is 5.39 Å². The second-order valence-corrected chi connectivity index (χ2v) is 6.08. The molecule has 2 aromatic rings. The van der Waals surface area contributed by atoms with Crippen LogP contribution in [0.2, 0.25) is 0 Å². The van der Waals surface area contributed by atoms with Crippen molar-refractivity contribution < 1.29 is 14.3 Å². The average Bonchev–Trinajstić information content (AvgIpc) is 3.15. The Morgan fingerprint density at radius 1 is 1.24 bits per heavy atom. The van der Waals surface area contributed by atoms with E-state index in [2.05, 4.69) is 15.2 Å². The van der Waals surface area contributed by atoms with Crippen molar-refractivity contribution in [2.24, 2.45) is 0 Å². The largest absolute Gasteiger partial charge is 0.459 e. The molecule has 0 aliphatic heterocycles. The molecule has 1 aliphatic rings. The summed E-state index contributed by atoms with van der Waals surface area (Å²) < 4.78 is 6.22. The second kappa shape index (κ2) is 7.46. The zero-order chi connectivity index (χ0) is 17.8. The molecule has 0 bridgehead atoms. The van der Waals surface area contributed by atoms with Crippen molar-refractivity contribution in [1.29, 1.82) is 0 Å². The molecule has 1 fully saturated rings. The molecule has 0 saturated heterocycles. The Hall–Kier alpha value is -2.70. The number of ether oxygens (including phenoxy) is 1.